The molecule has 9 heteroatoms. The minimum Gasteiger partial charge on any atom is -0.489 e. The number of benzene rings is 3. The number of halogens is 3. The van der Waals surface area contributed by atoms with E-state index in [-0.39, 0.29) is 18.8 Å². The Hall–Kier alpha value is -4.27. The molecule has 0 saturated heterocycles. The van der Waals surface area contributed by atoms with Crippen LogP contribution < -0.4 is 9.47 Å². The average Bonchev–Trinajstić information content (AvgIpc) is 3.26. The molecule has 0 amide bonds. The van der Waals surface area contributed by atoms with Crippen molar-refractivity contribution in [3.8, 4) is 22.6 Å². The van der Waals surface area contributed by atoms with Crippen LogP contribution in [0.1, 0.15) is 29.3 Å². The molecule has 4 aromatic rings. The van der Waals surface area contributed by atoms with Crippen molar-refractivity contribution in [2.45, 2.75) is 25.3 Å². The van der Waals surface area contributed by atoms with Gasteiger partial charge in [0.1, 0.15) is 23.9 Å². The lowest BCUT2D eigenvalue weighted by Gasteiger charge is -2.16. The molecule has 1 N–H and O–H groups in total. The topological polar surface area (TPSA) is 73.6 Å². The third kappa shape index (κ3) is 6.24. The molecule has 1 atom stereocenters. The van der Waals surface area contributed by atoms with E-state index >= 15 is 0 Å². The Morgan fingerprint density at radius 1 is 1.06 bits per heavy atom. The van der Waals surface area contributed by atoms with Crippen LogP contribution in [0.25, 0.3) is 11.1 Å². The van der Waals surface area contributed by atoms with Gasteiger partial charge in [0.25, 0.3) is 0 Å². The lowest BCUT2D eigenvalue weighted by Crippen LogP contribution is -2.17. The Bertz CT molecular complexity index is 1330. The summed E-state index contributed by atoms with van der Waals surface area (Å²) in [5.41, 5.74) is 2.44. The lowest BCUT2D eigenvalue weighted by molar-refractivity contribution is -0.274. The van der Waals surface area contributed by atoms with Crippen molar-refractivity contribution >= 4 is 5.97 Å². The van der Waals surface area contributed by atoms with Gasteiger partial charge in [-0.15, -0.1) is 13.2 Å². The largest absolute Gasteiger partial charge is 0.573 e. The van der Waals surface area contributed by atoms with E-state index in [4.69, 9.17) is 4.74 Å². The first-order chi connectivity index (χ1) is 17.2. The predicted molar refractivity (Wildman–Crippen MR) is 127 cm³/mol. The van der Waals surface area contributed by atoms with Gasteiger partial charge in [0.05, 0.1) is 12.3 Å². The number of nitrogens with zero attached hydrogens (tertiary/aromatic N) is 2. The van der Waals surface area contributed by atoms with Crippen LogP contribution in [0, 0.1) is 0 Å². The molecule has 0 aliphatic rings. The molecule has 3 aromatic carbocycles. The molecule has 0 unspecified atom stereocenters. The highest BCUT2D eigenvalue weighted by Crippen LogP contribution is 2.34. The number of alkyl halides is 3. The first-order valence-electron chi connectivity index (χ1n) is 11.1. The Balaban J connectivity index is 1.48. The van der Waals surface area contributed by atoms with Gasteiger partial charge in [-0.05, 0) is 41.0 Å². The number of carbonyl (C=O) groups is 1. The smallest absolute Gasteiger partial charge is 0.489 e. The summed E-state index contributed by atoms with van der Waals surface area (Å²) in [6.45, 7) is 0.188. The Kier molecular flexibility index (Phi) is 7.28. The molecule has 0 aliphatic carbocycles. The zero-order valence-electron chi connectivity index (χ0n) is 19.3. The van der Waals surface area contributed by atoms with Gasteiger partial charge >= 0.3 is 12.3 Å². The second-order valence-corrected chi connectivity index (χ2v) is 8.15. The summed E-state index contributed by atoms with van der Waals surface area (Å²) < 4.78 is 50.2. The summed E-state index contributed by atoms with van der Waals surface area (Å²) in [5, 5.41) is 9.35. The van der Waals surface area contributed by atoms with E-state index in [2.05, 4.69) is 9.72 Å². The van der Waals surface area contributed by atoms with Crippen molar-refractivity contribution in [2.24, 2.45) is 7.05 Å². The van der Waals surface area contributed by atoms with E-state index in [1.165, 1.54) is 12.1 Å². The first kappa shape index (κ1) is 24.8. The SMILES string of the molecule is Cn1ccnc1[C@@H](CC(=O)O)c1ccc(OCc2cccc(-c3ccccc3OC(F)(F)F)c2)cc1. The van der Waals surface area contributed by atoms with Crippen molar-refractivity contribution in [2.75, 3.05) is 0 Å². The summed E-state index contributed by atoms with van der Waals surface area (Å²) in [6.07, 6.45) is -1.49. The van der Waals surface area contributed by atoms with E-state index in [1.807, 2.05) is 13.1 Å². The molecule has 0 fully saturated rings. The fourth-order valence-corrected chi connectivity index (χ4v) is 3.96. The summed E-state index contributed by atoms with van der Waals surface area (Å²) in [4.78, 5) is 15.7. The van der Waals surface area contributed by atoms with Crippen molar-refractivity contribution < 1.29 is 32.5 Å². The van der Waals surface area contributed by atoms with Crippen LogP contribution in [0.15, 0.2) is 85.2 Å². The number of aryl methyl sites for hydroxylation is 1. The molecule has 0 aliphatic heterocycles. The molecule has 0 saturated carbocycles. The summed E-state index contributed by atoms with van der Waals surface area (Å²) in [5.74, 6) is -0.392. The summed E-state index contributed by atoms with van der Waals surface area (Å²) in [6, 6.07) is 20.1. The summed E-state index contributed by atoms with van der Waals surface area (Å²) in [7, 11) is 1.82. The van der Waals surface area contributed by atoms with Crippen molar-refractivity contribution in [1.82, 2.24) is 9.55 Å². The minimum absolute atomic E-state index is 0.0998. The molecule has 0 bridgehead atoms. The molecule has 0 radical (unpaired) electrons. The minimum atomic E-state index is -4.79. The third-order valence-electron chi connectivity index (χ3n) is 5.59. The van der Waals surface area contributed by atoms with Crippen LogP contribution in [0.5, 0.6) is 11.5 Å². The molecule has 4 rings (SSSR count). The number of ether oxygens (including phenoxy) is 2. The van der Waals surface area contributed by atoms with Gasteiger partial charge in [-0.25, -0.2) is 4.98 Å². The molecule has 1 heterocycles. The van der Waals surface area contributed by atoms with Gasteiger partial charge in [-0.3, -0.25) is 4.79 Å². The zero-order chi connectivity index (χ0) is 25.7. The maximum atomic E-state index is 12.8. The molecule has 6 nitrogen and oxygen atoms in total. The highest BCUT2D eigenvalue weighted by molar-refractivity contribution is 5.71. The van der Waals surface area contributed by atoms with Gasteiger partial charge in [0.15, 0.2) is 0 Å². The zero-order valence-corrected chi connectivity index (χ0v) is 19.3. The number of hydrogen-bond acceptors (Lipinski definition) is 4. The van der Waals surface area contributed by atoms with Crippen LogP contribution in [-0.2, 0) is 18.4 Å². The number of rotatable bonds is 9. The van der Waals surface area contributed by atoms with Gasteiger partial charge in [0, 0.05) is 25.0 Å². The second kappa shape index (κ2) is 10.6. The van der Waals surface area contributed by atoms with Crippen LogP contribution in [0.2, 0.25) is 0 Å². The Morgan fingerprint density at radius 2 is 1.81 bits per heavy atom. The van der Waals surface area contributed by atoms with Crippen molar-refractivity contribution in [3.63, 3.8) is 0 Å². The average molecular weight is 496 g/mol. The van der Waals surface area contributed by atoms with E-state index in [0.29, 0.717) is 22.7 Å². The third-order valence-corrected chi connectivity index (χ3v) is 5.59. The van der Waals surface area contributed by atoms with E-state index < -0.39 is 18.2 Å². The normalized spacial score (nSPS) is 12.2. The van der Waals surface area contributed by atoms with E-state index in [9.17, 15) is 23.1 Å². The number of aliphatic carboxylic acids is 1. The molecule has 186 valence electrons. The molecular formula is C27H23F3N2O4. The van der Waals surface area contributed by atoms with Gasteiger partial charge in [-0.2, -0.15) is 0 Å². The molecule has 36 heavy (non-hydrogen) atoms. The van der Waals surface area contributed by atoms with E-state index in [1.54, 1.807) is 71.6 Å². The van der Waals surface area contributed by atoms with Crippen molar-refractivity contribution in [3.05, 3.63) is 102 Å². The maximum absolute atomic E-state index is 12.8. The standard InChI is InChI=1S/C27H23F3N2O4/c1-32-14-13-31-26(32)23(16-25(33)34)19-9-11-21(12-10-19)35-17-18-5-4-6-20(15-18)22-7-2-3-8-24(22)36-27(28,29)30/h2-15,23H,16-17H2,1H3,(H,33,34)/t23-/m0/s1. The monoisotopic (exact) mass is 496 g/mol. The molecular weight excluding hydrogens is 473 g/mol. The van der Waals surface area contributed by atoms with Crippen LogP contribution in [0.3, 0.4) is 0 Å². The van der Waals surface area contributed by atoms with Crippen LogP contribution in [0.4, 0.5) is 13.2 Å². The van der Waals surface area contributed by atoms with Gasteiger partial charge in [-0.1, -0.05) is 48.5 Å². The first-order valence-corrected chi connectivity index (χ1v) is 11.1. The number of imidazole rings is 1. The van der Waals surface area contributed by atoms with Crippen molar-refractivity contribution in [1.29, 1.82) is 0 Å². The number of carboxylic acids is 1. The molecule has 1 aromatic heterocycles. The molecule has 0 spiro atoms. The van der Waals surface area contributed by atoms with Crippen LogP contribution in [-0.4, -0.2) is 27.0 Å². The quantitative estimate of drug-likeness (QED) is 0.300. The predicted octanol–water partition coefficient (Wildman–Crippen LogP) is 6.17. The van der Waals surface area contributed by atoms with Gasteiger partial charge < -0.3 is 19.1 Å². The number of para-hydroxylation sites is 1. The fourth-order valence-electron chi connectivity index (χ4n) is 3.96. The summed E-state index contributed by atoms with van der Waals surface area (Å²) >= 11 is 0. The second-order valence-electron chi connectivity index (χ2n) is 8.15. The lowest BCUT2D eigenvalue weighted by atomic mass is 9.94. The fraction of sp³-hybridized carbons (Fsp3) is 0.185. The Labute approximate surface area is 205 Å². The Morgan fingerprint density at radius 3 is 2.47 bits per heavy atom. The van der Waals surface area contributed by atoms with E-state index in [0.717, 1.165) is 11.1 Å². The number of aromatic nitrogens is 2. The van der Waals surface area contributed by atoms with Gasteiger partial charge in [0.2, 0.25) is 0 Å². The highest BCUT2D eigenvalue weighted by atomic mass is 19.4. The maximum Gasteiger partial charge on any atom is 0.573 e. The van der Waals surface area contributed by atoms with Crippen LogP contribution >= 0.6 is 0 Å². The number of hydrogen-bond donors (Lipinski definition) is 1. The highest BCUT2D eigenvalue weighted by Gasteiger charge is 2.32. The number of carboxylic acid groups (broad SMARTS) is 1.